The summed E-state index contributed by atoms with van der Waals surface area (Å²) in [5.41, 5.74) is 2.31. The predicted octanol–water partition coefficient (Wildman–Crippen LogP) is 4.32. The van der Waals surface area contributed by atoms with E-state index in [-0.39, 0.29) is 17.6 Å². The zero-order valence-electron chi connectivity index (χ0n) is 17.1. The van der Waals surface area contributed by atoms with Gasteiger partial charge in [-0.3, -0.25) is 9.59 Å². The van der Waals surface area contributed by atoms with Gasteiger partial charge in [0.15, 0.2) is 11.0 Å². The maximum absolute atomic E-state index is 12.5. The van der Waals surface area contributed by atoms with Crippen LogP contribution in [0.1, 0.15) is 6.92 Å². The number of anilines is 2. The number of fused-ring (bicyclic) bond motifs is 1. The highest BCUT2D eigenvalue weighted by molar-refractivity contribution is 7.99. The van der Waals surface area contributed by atoms with E-state index in [0.717, 1.165) is 22.0 Å². The third kappa shape index (κ3) is 4.75. The molecule has 2 amide bonds. The maximum Gasteiger partial charge on any atom is 0.234 e. The Labute approximate surface area is 183 Å². The maximum atomic E-state index is 12.5. The molecule has 4 rings (SSSR count). The number of carbonyl (C=O) groups is 2. The van der Waals surface area contributed by atoms with E-state index in [1.54, 1.807) is 0 Å². The van der Waals surface area contributed by atoms with E-state index in [2.05, 4.69) is 20.8 Å². The van der Waals surface area contributed by atoms with E-state index in [9.17, 15) is 9.59 Å². The zero-order chi connectivity index (χ0) is 21.8. The summed E-state index contributed by atoms with van der Waals surface area (Å²) in [6.07, 6.45) is 0. The van der Waals surface area contributed by atoms with E-state index in [4.69, 9.17) is 0 Å². The molecule has 7 nitrogen and oxygen atoms in total. The monoisotopic (exact) mass is 431 g/mol. The fourth-order valence-electron chi connectivity index (χ4n) is 3.28. The number of hydrogen-bond donors (Lipinski definition) is 2. The number of nitrogens with zero attached hydrogens (tertiary/aromatic N) is 3. The second kappa shape index (κ2) is 9.01. The minimum Gasteiger partial charge on any atom is -0.326 e. The lowest BCUT2D eigenvalue weighted by atomic mass is 10.1. The van der Waals surface area contributed by atoms with Crippen LogP contribution in [0.2, 0.25) is 0 Å². The molecule has 3 aromatic carbocycles. The van der Waals surface area contributed by atoms with Crippen LogP contribution in [0, 0.1) is 0 Å². The number of benzene rings is 3. The Hall–Kier alpha value is -3.65. The number of hydrogen-bond acceptors (Lipinski definition) is 5. The van der Waals surface area contributed by atoms with Crippen molar-refractivity contribution in [1.29, 1.82) is 0 Å². The van der Waals surface area contributed by atoms with Crippen LogP contribution < -0.4 is 10.6 Å². The third-order valence-electron chi connectivity index (χ3n) is 4.67. The van der Waals surface area contributed by atoms with Gasteiger partial charge >= 0.3 is 0 Å². The van der Waals surface area contributed by atoms with Crippen molar-refractivity contribution in [2.75, 3.05) is 16.4 Å². The van der Waals surface area contributed by atoms with Crippen molar-refractivity contribution in [2.45, 2.75) is 12.1 Å². The second-order valence-electron chi connectivity index (χ2n) is 6.99. The van der Waals surface area contributed by atoms with Gasteiger partial charge in [-0.1, -0.05) is 60.3 Å². The molecular formula is C23H21N5O2S. The highest BCUT2D eigenvalue weighted by atomic mass is 32.2. The molecule has 0 bridgehead atoms. The van der Waals surface area contributed by atoms with Crippen LogP contribution in [0.5, 0.6) is 0 Å². The number of aromatic nitrogens is 3. The molecule has 0 aliphatic carbocycles. The van der Waals surface area contributed by atoms with Crippen LogP contribution in [0.3, 0.4) is 0 Å². The average Bonchev–Trinajstić information content (AvgIpc) is 3.12. The Balaban J connectivity index is 1.44. The molecule has 0 saturated carbocycles. The molecule has 0 radical (unpaired) electrons. The predicted molar refractivity (Wildman–Crippen MR) is 124 cm³/mol. The van der Waals surface area contributed by atoms with Gasteiger partial charge in [0.05, 0.1) is 5.75 Å². The van der Waals surface area contributed by atoms with E-state index in [1.807, 2.05) is 78.3 Å². The van der Waals surface area contributed by atoms with E-state index in [1.165, 1.54) is 18.7 Å². The van der Waals surface area contributed by atoms with Gasteiger partial charge in [0.1, 0.15) is 0 Å². The van der Waals surface area contributed by atoms with Crippen molar-refractivity contribution in [1.82, 2.24) is 14.8 Å². The van der Waals surface area contributed by atoms with Crippen LogP contribution >= 0.6 is 11.8 Å². The Bertz CT molecular complexity index is 1260. The summed E-state index contributed by atoms with van der Waals surface area (Å²) in [5, 5.41) is 16.9. The zero-order valence-corrected chi connectivity index (χ0v) is 17.9. The van der Waals surface area contributed by atoms with Gasteiger partial charge in [0, 0.05) is 36.3 Å². The summed E-state index contributed by atoms with van der Waals surface area (Å²) in [6.45, 7) is 1.47. The average molecular weight is 432 g/mol. The minimum absolute atomic E-state index is 0.112. The van der Waals surface area contributed by atoms with Gasteiger partial charge in [0.2, 0.25) is 11.8 Å². The van der Waals surface area contributed by atoms with E-state index < -0.39 is 0 Å². The molecular weight excluding hydrogens is 410 g/mol. The topological polar surface area (TPSA) is 88.9 Å². The third-order valence-corrected chi connectivity index (χ3v) is 5.69. The molecule has 8 heteroatoms. The molecule has 31 heavy (non-hydrogen) atoms. The highest BCUT2D eigenvalue weighted by Crippen LogP contribution is 2.26. The fourth-order valence-corrected chi connectivity index (χ4v) is 3.99. The minimum atomic E-state index is -0.136. The lowest BCUT2D eigenvalue weighted by molar-refractivity contribution is -0.114. The van der Waals surface area contributed by atoms with Crippen LogP contribution in [0.25, 0.3) is 22.2 Å². The van der Waals surface area contributed by atoms with Gasteiger partial charge in [-0.2, -0.15) is 0 Å². The second-order valence-corrected chi connectivity index (χ2v) is 7.93. The molecule has 1 heterocycles. The van der Waals surface area contributed by atoms with E-state index >= 15 is 0 Å². The molecule has 0 atom stereocenters. The van der Waals surface area contributed by atoms with Crippen molar-refractivity contribution in [3.63, 3.8) is 0 Å². The molecule has 2 N–H and O–H groups in total. The highest BCUT2D eigenvalue weighted by Gasteiger charge is 2.14. The summed E-state index contributed by atoms with van der Waals surface area (Å²) in [5.74, 6) is 0.618. The number of rotatable bonds is 6. The van der Waals surface area contributed by atoms with Crippen molar-refractivity contribution < 1.29 is 9.59 Å². The van der Waals surface area contributed by atoms with Crippen molar-refractivity contribution >= 4 is 45.7 Å². The first-order valence-corrected chi connectivity index (χ1v) is 10.7. The van der Waals surface area contributed by atoms with Gasteiger partial charge in [-0.15, -0.1) is 10.2 Å². The molecule has 0 aliphatic heterocycles. The summed E-state index contributed by atoms with van der Waals surface area (Å²) in [7, 11) is 1.85. The Morgan fingerprint density at radius 2 is 1.74 bits per heavy atom. The Morgan fingerprint density at radius 3 is 2.58 bits per heavy atom. The van der Waals surface area contributed by atoms with Crippen LogP contribution in [0.4, 0.5) is 11.4 Å². The molecule has 0 spiro atoms. The lowest BCUT2D eigenvalue weighted by Crippen LogP contribution is -2.14. The van der Waals surface area contributed by atoms with Crippen molar-refractivity contribution in [3.05, 3.63) is 66.7 Å². The first-order chi connectivity index (χ1) is 15.0. The van der Waals surface area contributed by atoms with Gasteiger partial charge in [0.25, 0.3) is 0 Å². The first-order valence-electron chi connectivity index (χ1n) is 9.69. The smallest absolute Gasteiger partial charge is 0.234 e. The number of nitrogens with one attached hydrogen (secondary N) is 2. The van der Waals surface area contributed by atoms with Gasteiger partial charge < -0.3 is 15.2 Å². The number of thioether (sulfide) groups is 1. The van der Waals surface area contributed by atoms with Crippen molar-refractivity contribution in [3.8, 4) is 11.4 Å². The molecule has 4 aromatic rings. The number of carbonyl (C=O) groups excluding carboxylic acids is 2. The first kappa shape index (κ1) is 20.6. The lowest BCUT2D eigenvalue weighted by Gasteiger charge is -2.09. The molecule has 0 unspecified atom stereocenters. The van der Waals surface area contributed by atoms with Crippen LogP contribution in [-0.4, -0.2) is 32.3 Å². The van der Waals surface area contributed by atoms with E-state index in [0.29, 0.717) is 16.7 Å². The van der Waals surface area contributed by atoms with Crippen LogP contribution in [0.15, 0.2) is 71.9 Å². The van der Waals surface area contributed by atoms with Crippen LogP contribution in [-0.2, 0) is 16.6 Å². The molecule has 156 valence electrons. The largest absolute Gasteiger partial charge is 0.326 e. The summed E-state index contributed by atoms with van der Waals surface area (Å²) < 4.78 is 1.84. The Morgan fingerprint density at radius 1 is 0.968 bits per heavy atom. The molecule has 1 aromatic heterocycles. The normalized spacial score (nSPS) is 10.8. The summed E-state index contributed by atoms with van der Waals surface area (Å²) >= 11 is 1.32. The summed E-state index contributed by atoms with van der Waals surface area (Å²) in [6, 6.07) is 21.2. The SMILES string of the molecule is CC(=O)Nc1cccc(-c2nnc(SCC(=O)Nc3cccc4ccccc34)n2C)c1. The quantitative estimate of drug-likeness (QED) is 0.444. The van der Waals surface area contributed by atoms with Gasteiger partial charge in [-0.05, 0) is 23.6 Å². The molecule has 0 fully saturated rings. The standard InChI is InChI=1S/C23H21N5O2S/c1-15(29)24-18-10-5-9-17(13-18)22-26-27-23(28(22)2)31-14-21(30)25-20-12-6-8-16-7-3-4-11-19(16)20/h3-13H,14H2,1-2H3,(H,24,29)(H,25,30). The molecule has 0 saturated heterocycles. The fraction of sp³-hybridized carbons (Fsp3) is 0.130. The summed E-state index contributed by atoms with van der Waals surface area (Å²) in [4.78, 5) is 23.8. The van der Waals surface area contributed by atoms with Gasteiger partial charge in [-0.25, -0.2) is 0 Å². The van der Waals surface area contributed by atoms with Crippen molar-refractivity contribution in [2.24, 2.45) is 7.05 Å². The number of amides is 2. The Kier molecular flexibility index (Phi) is 5.99. The molecule has 0 aliphatic rings.